The Bertz CT molecular complexity index is 864. The summed E-state index contributed by atoms with van der Waals surface area (Å²) in [4.78, 5) is 16.4. The Kier molecular flexibility index (Phi) is 5.25. The van der Waals surface area contributed by atoms with Gasteiger partial charge < -0.3 is 19.1 Å². The molecule has 1 aromatic heterocycles. The predicted octanol–water partition coefficient (Wildman–Crippen LogP) is 3.91. The van der Waals surface area contributed by atoms with Gasteiger partial charge in [-0.05, 0) is 62.6 Å². The Hall–Kier alpha value is -2.01. The summed E-state index contributed by atoms with van der Waals surface area (Å²) >= 11 is 0. The van der Waals surface area contributed by atoms with E-state index in [0.717, 1.165) is 70.0 Å². The third kappa shape index (κ3) is 4.16. The molecule has 0 spiro atoms. The second kappa shape index (κ2) is 8.02. The van der Waals surface area contributed by atoms with Gasteiger partial charge in [0.25, 0.3) is 0 Å². The highest BCUT2D eigenvalue weighted by atomic mass is 16.5. The molecule has 3 heterocycles. The van der Waals surface area contributed by atoms with E-state index in [1.54, 1.807) is 0 Å². The second-order valence-corrected chi connectivity index (χ2v) is 9.27. The lowest BCUT2D eigenvalue weighted by Gasteiger charge is -2.39. The summed E-state index contributed by atoms with van der Waals surface area (Å²) in [6, 6.07) is 9.08. The Morgan fingerprint density at radius 1 is 1.03 bits per heavy atom. The number of carbonyl (C=O) groups is 1. The van der Waals surface area contributed by atoms with Crippen molar-refractivity contribution >= 4 is 16.8 Å². The van der Waals surface area contributed by atoms with Crippen LogP contribution >= 0.6 is 0 Å². The van der Waals surface area contributed by atoms with E-state index in [4.69, 9.17) is 4.74 Å². The zero-order chi connectivity index (χ0) is 19.8. The van der Waals surface area contributed by atoms with Gasteiger partial charge in [0.05, 0.1) is 5.52 Å². The van der Waals surface area contributed by atoms with Crippen LogP contribution in [0.3, 0.4) is 0 Å². The van der Waals surface area contributed by atoms with Crippen molar-refractivity contribution in [3.63, 3.8) is 0 Å². The maximum absolute atomic E-state index is 12.0. The molecule has 1 saturated carbocycles. The van der Waals surface area contributed by atoms with Crippen molar-refractivity contribution < 1.29 is 9.53 Å². The van der Waals surface area contributed by atoms with E-state index in [9.17, 15) is 4.79 Å². The molecule has 3 fully saturated rings. The average molecular weight is 396 g/mol. The fraction of sp³-hybridized carbons (Fsp3) is 0.625. The fourth-order valence-corrected chi connectivity index (χ4v) is 5.00. The minimum Gasteiger partial charge on any atom is -0.490 e. The third-order valence-electron chi connectivity index (χ3n) is 7.09. The quantitative estimate of drug-likeness (QED) is 0.744. The zero-order valence-electron chi connectivity index (χ0n) is 17.6. The van der Waals surface area contributed by atoms with Crippen molar-refractivity contribution in [1.29, 1.82) is 0 Å². The Morgan fingerprint density at radius 2 is 1.86 bits per heavy atom. The van der Waals surface area contributed by atoms with Crippen molar-refractivity contribution in [3.8, 4) is 5.75 Å². The number of aromatic nitrogens is 1. The zero-order valence-corrected chi connectivity index (χ0v) is 17.6. The SMILES string of the molecule is CN1C(=O)CCCC1CN1CCC(Oc2cccc3c2ccn3CC2CC2)CC1. The first-order valence-corrected chi connectivity index (χ1v) is 11.4. The number of amides is 1. The van der Waals surface area contributed by atoms with Gasteiger partial charge in [0.1, 0.15) is 11.9 Å². The largest absolute Gasteiger partial charge is 0.490 e. The number of carbonyl (C=O) groups excluding carboxylic acids is 1. The normalized spacial score (nSPS) is 24.4. The van der Waals surface area contributed by atoms with Crippen LogP contribution in [0, 0.1) is 5.92 Å². The predicted molar refractivity (Wildman–Crippen MR) is 115 cm³/mol. The number of likely N-dealkylation sites (tertiary alicyclic amines) is 2. The van der Waals surface area contributed by atoms with E-state index >= 15 is 0 Å². The van der Waals surface area contributed by atoms with Gasteiger partial charge in [-0.25, -0.2) is 0 Å². The molecular formula is C24H33N3O2. The topological polar surface area (TPSA) is 37.7 Å². The van der Waals surface area contributed by atoms with Gasteiger partial charge in [0.2, 0.25) is 5.91 Å². The lowest BCUT2D eigenvalue weighted by atomic mass is 10.00. The molecular weight excluding hydrogens is 362 g/mol. The highest BCUT2D eigenvalue weighted by molar-refractivity contribution is 5.86. The Morgan fingerprint density at radius 3 is 2.66 bits per heavy atom. The first kappa shape index (κ1) is 19.0. The maximum atomic E-state index is 12.0. The van der Waals surface area contributed by atoms with E-state index in [0.29, 0.717) is 11.9 Å². The van der Waals surface area contributed by atoms with E-state index in [-0.39, 0.29) is 6.10 Å². The van der Waals surface area contributed by atoms with Gasteiger partial charge in [0.15, 0.2) is 0 Å². The molecule has 0 N–H and O–H groups in total. The second-order valence-electron chi connectivity index (χ2n) is 9.27. The van der Waals surface area contributed by atoms with Crippen LogP contribution in [0.1, 0.15) is 44.9 Å². The van der Waals surface area contributed by atoms with Gasteiger partial charge in [-0.1, -0.05) is 6.07 Å². The molecule has 1 unspecified atom stereocenters. The highest BCUT2D eigenvalue weighted by Crippen LogP contribution is 2.34. The average Bonchev–Trinajstić information content (AvgIpc) is 3.45. The van der Waals surface area contributed by atoms with Crippen molar-refractivity contribution in [2.24, 2.45) is 5.92 Å². The molecule has 0 bridgehead atoms. The molecule has 156 valence electrons. The summed E-state index contributed by atoms with van der Waals surface area (Å²) in [5.74, 6) is 2.22. The third-order valence-corrected chi connectivity index (χ3v) is 7.09. The lowest BCUT2D eigenvalue weighted by Crippen LogP contribution is -2.49. The number of likely N-dealkylation sites (N-methyl/N-ethyl adjacent to an activating group) is 1. The first-order valence-electron chi connectivity index (χ1n) is 11.4. The molecule has 5 rings (SSSR count). The molecule has 1 amide bonds. The Labute approximate surface area is 173 Å². The number of benzene rings is 1. The summed E-state index contributed by atoms with van der Waals surface area (Å²) in [7, 11) is 1.97. The molecule has 1 aromatic carbocycles. The van der Waals surface area contributed by atoms with E-state index in [1.165, 1.54) is 23.7 Å². The van der Waals surface area contributed by atoms with Crippen LogP contribution in [0.5, 0.6) is 5.75 Å². The van der Waals surface area contributed by atoms with E-state index in [1.807, 2.05) is 11.9 Å². The molecule has 1 aliphatic carbocycles. The summed E-state index contributed by atoms with van der Waals surface area (Å²) in [6.07, 6.45) is 10.3. The summed E-state index contributed by atoms with van der Waals surface area (Å²) in [6.45, 7) is 4.27. The minimum atomic E-state index is 0.286. The standard InChI is InChI=1S/C24H33N3O2/c1-25-19(4-2-7-24(25)28)17-26-13-10-20(11-14-26)29-23-6-3-5-22-21(23)12-15-27(22)16-18-8-9-18/h3,5-6,12,15,18-20H,2,4,7-11,13-14,16-17H2,1H3. The van der Waals surface area contributed by atoms with E-state index in [2.05, 4.69) is 39.9 Å². The van der Waals surface area contributed by atoms with Crippen LogP contribution in [-0.2, 0) is 11.3 Å². The smallest absolute Gasteiger partial charge is 0.222 e. The fourth-order valence-electron chi connectivity index (χ4n) is 5.00. The van der Waals surface area contributed by atoms with Gasteiger partial charge in [-0.2, -0.15) is 0 Å². The van der Waals surface area contributed by atoms with Crippen LogP contribution in [0.4, 0.5) is 0 Å². The molecule has 2 aromatic rings. The van der Waals surface area contributed by atoms with Crippen LogP contribution in [-0.4, -0.2) is 59.1 Å². The van der Waals surface area contributed by atoms with Gasteiger partial charge in [-0.15, -0.1) is 0 Å². The maximum Gasteiger partial charge on any atom is 0.222 e. The summed E-state index contributed by atoms with van der Waals surface area (Å²) in [5.41, 5.74) is 1.30. The number of fused-ring (bicyclic) bond motifs is 1. The Balaban J connectivity index is 1.18. The number of piperidine rings is 2. The molecule has 5 heteroatoms. The number of hydrogen-bond acceptors (Lipinski definition) is 3. The van der Waals surface area contributed by atoms with Crippen LogP contribution in [0.15, 0.2) is 30.5 Å². The monoisotopic (exact) mass is 395 g/mol. The molecule has 29 heavy (non-hydrogen) atoms. The summed E-state index contributed by atoms with van der Waals surface area (Å²) in [5, 5.41) is 1.25. The molecule has 3 aliphatic rings. The lowest BCUT2D eigenvalue weighted by molar-refractivity contribution is -0.135. The number of ether oxygens (including phenoxy) is 1. The molecule has 0 radical (unpaired) electrons. The van der Waals surface area contributed by atoms with Crippen molar-refractivity contribution in [3.05, 3.63) is 30.5 Å². The number of hydrogen-bond donors (Lipinski definition) is 0. The van der Waals surface area contributed by atoms with Crippen LogP contribution in [0.25, 0.3) is 10.9 Å². The van der Waals surface area contributed by atoms with Crippen molar-refractivity contribution in [1.82, 2.24) is 14.4 Å². The van der Waals surface area contributed by atoms with Gasteiger partial charge in [-0.3, -0.25) is 4.79 Å². The number of rotatable bonds is 6. The van der Waals surface area contributed by atoms with Gasteiger partial charge >= 0.3 is 0 Å². The van der Waals surface area contributed by atoms with Crippen LogP contribution < -0.4 is 4.74 Å². The molecule has 2 aliphatic heterocycles. The molecule has 5 nitrogen and oxygen atoms in total. The molecule has 1 atom stereocenters. The molecule has 2 saturated heterocycles. The summed E-state index contributed by atoms with van der Waals surface area (Å²) < 4.78 is 8.87. The van der Waals surface area contributed by atoms with Crippen molar-refractivity contribution in [2.75, 3.05) is 26.7 Å². The van der Waals surface area contributed by atoms with E-state index < -0.39 is 0 Å². The first-order chi connectivity index (χ1) is 14.2. The minimum absolute atomic E-state index is 0.286. The highest BCUT2D eigenvalue weighted by Gasteiger charge is 2.29. The van der Waals surface area contributed by atoms with Crippen molar-refractivity contribution in [2.45, 2.75) is 63.6 Å². The van der Waals surface area contributed by atoms with Gasteiger partial charge in [0, 0.05) is 57.3 Å². The van der Waals surface area contributed by atoms with Crippen LogP contribution in [0.2, 0.25) is 0 Å². The number of nitrogens with zero attached hydrogens (tertiary/aromatic N) is 3.